The average molecular weight is 444 g/mol. The summed E-state index contributed by atoms with van der Waals surface area (Å²) in [6, 6.07) is 5.30. The van der Waals surface area contributed by atoms with Crippen LogP contribution in [-0.2, 0) is 28.9 Å². The van der Waals surface area contributed by atoms with Crippen molar-refractivity contribution in [3.8, 4) is 11.5 Å². The Balaban J connectivity index is 1.29. The Morgan fingerprint density at radius 3 is 2.94 bits per heavy atom. The van der Waals surface area contributed by atoms with Crippen molar-refractivity contribution in [2.24, 2.45) is 0 Å². The van der Waals surface area contributed by atoms with E-state index in [1.165, 1.54) is 11.8 Å². The molecule has 0 unspecified atom stereocenters. The molecule has 1 aromatic heterocycles. The van der Waals surface area contributed by atoms with Crippen LogP contribution in [0.4, 0.5) is 5.69 Å². The van der Waals surface area contributed by atoms with Gasteiger partial charge in [-0.3, -0.25) is 9.36 Å². The zero-order valence-electron chi connectivity index (χ0n) is 17.2. The molecule has 8 nitrogen and oxygen atoms in total. The lowest BCUT2D eigenvalue weighted by Gasteiger charge is -2.24. The maximum absolute atomic E-state index is 12.8. The molecule has 2 aromatic rings. The van der Waals surface area contributed by atoms with Crippen molar-refractivity contribution in [3.63, 3.8) is 0 Å². The van der Waals surface area contributed by atoms with E-state index in [-0.39, 0.29) is 30.2 Å². The number of hydrogen-bond donors (Lipinski definition) is 1. The predicted molar refractivity (Wildman–Crippen MR) is 116 cm³/mol. The summed E-state index contributed by atoms with van der Waals surface area (Å²) >= 11 is 1.33. The van der Waals surface area contributed by atoms with Gasteiger partial charge in [-0.1, -0.05) is 11.8 Å². The van der Waals surface area contributed by atoms with Crippen LogP contribution in [-0.4, -0.2) is 40.7 Å². The first kappa shape index (κ1) is 20.4. The summed E-state index contributed by atoms with van der Waals surface area (Å²) in [7, 11) is 0. The van der Waals surface area contributed by atoms with Gasteiger partial charge in [0.15, 0.2) is 11.5 Å². The molecule has 2 aliphatic heterocycles. The first-order chi connectivity index (χ1) is 15.2. The van der Waals surface area contributed by atoms with Gasteiger partial charge in [-0.2, -0.15) is 4.98 Å². The van der Waals surface area contributed by atoms with Gasteiger partial charge < -0.3 is 19.5 Å². The summed E-state index contributed by atoms with van der Waals surface area (Å²) < 4.78 is 18.2. The summed E-state index contributed by atoms with van der Waals surface area (Å²) in [5.41, 5.74) is 2.59. The van der Waals surface area contributed by atoms with Crippen molar-refractivity contribution in [2.75, 3.05) is 24.5 Å². The first-order valence-corrected chi connectivity index (χ1v) is 11.7. The Hall–Kier alpha value is -2.52. The molecule has 0 radical (unpaired) electrons. The highest BCUT2D eigenvalue weighted by Crippen LogP contribution is 2.34. The van der Waals surface area contributed by atoms with Gasteiger partial charge in [-0.05, 0) is 50.7 Å². The molecule has 9 heteroatoms. The monoisotopic (exact) mass is 443 g/mol. The van der Waals surface area contributed by atoms with Crippen LogP contribution in [0.15, 0.2) is 28.0 Å². The van der Waals surface area contributed by atoms with E-state index in [1.807, 2.05) is 0 Å². The van der Waals surface area contributed by atoms with Crippen molar-refractivity contribution >= 4 is 23.4 Å². The number of ether oxygens (including phenoxy) is 3. The molecule has 1 fully saturated rings. The molecule has 1 amide bonds. The fraction of sp³-hybridized carbons (Fsp3) is 0.500. The van der Waals surface area contributed by atoms with Gasteiger partial charge in [0.25, 0.3) is 0 Å². The normalized spacial score (nSPS) is 19.3. The Bertz CT molecular complexity index is 1050. The maximum Gasteiger partial charge on any atom is 0.348 e. The topological polar surface area (TPSA) is 91.7 Å². The minimum atomic E-state index is -0.241. The molecule has 1 atom stereocenters. The van der Waals surface area contributed by atoms with Gasteiger partial charge in [0.2, 0.25) is 12.7 Å². The van der Waals surface area contributed by atoms with E-state index in [9.17, 15) is 9.59 Å². The van der Waals surface area contributed by atoms with Crippen LogP contribution in [0.3, 0.4) is 0 Å². The van der Waals surface area contributed by atoms with E-state index in [1.54, 1.807) is 22.8 Å². The molecular weight excluding hydrogens is 418 g/mol. The van der Waals surface area contributed by atoms with Crippen molar-refractivity contribution in [3.05, 3.63) is 39.9 Å². The lowest BCUT2D eigenvalue weighted by Crippen LogP contribution is -2.34. The van der Waals surface area contributed by atoms with Gasteiger partial charge in [0.05, 0.1) is 18.4 Å². The van der Waals surface area contributed by atoms with Gasteiger partial charge in [0, 0.05) is 29.6 Å². The van der Waals surface area contributed by atoms with E-state index >= 15 is 0 Å². The smallest absolute Gasteiger partial charge is 0.348 e. The molecule has 5 rings (SSSR count). The lowest BCUT2D eigenvalue weighted by atomic mass is 9.97. The quantitative estimate of drug-likeness (QED) is 0.542. The third kappa shape index (κ3) is 4.43. The molecule has 3 heterocycles. The molecular formula is C22H25N3O5S. The molecule has 164 valence electrons. The minimum Gasteiger partial charge on any atom is -0.454 e. The molecule has 0 saturated carbocycles. The Morgan fingerprint density at radius 2 is 2.06 bits per heavy atom. The SMILES string of the molecule is O=C(CSc1nc(=O)n(C[C@@H]2CCCO2)c2c1CCCC2)Nc1ccc2c(c1)OCO2. The van der Waals surface area contributed by atoms with Crippen molar-refractivity contribution in [2.45, 2.75) is 56.2 Å². The summed E-state index contributed by atoms with van der Waals surface area (Å²) in [6.07, 6.45) is 6.02. The number of anilines is 1. The highest BCUT2D eigenvalue weighted by molar-refractivity contribution is 8.00. The first-order valence-electron chi connectivity index (χ1n) is 10.7. The highest BCUT2D eigenvalue weighted by Gasteiger charge is 2.24. The van der Waals surface area contributed by atoms with Crippen LogP contribution in [0.1, 0.15) is 36.9 Å². The zero-order valence-corrected chi connectivity index (χ0v) is 18.0. The second kappa shape index (κ2) is 8.92. The van der Waals surface area contributed by atoms with Crippen LogP contribution in [0, 0.1) is 0 Å². The van der Waals surface area contributed by atoms with Crippen LogP contribution < -0.4 is 20.5 Å². The second-order valence-corrected chi connectivity index (χ2v) is 8.95. The van der Waals surface area contributed by atoms with Gasteiger partial charge in [0.1, 0.15) is 5.03 Å². The van der Waals surface area contributed by atoms with E-state index in [4.69, 9.17) is 14.2 Å². The number of carbonyl (C=O) groups is 1. The molecule has 1 N–H and O–H groups in total. The molecule has 31 heavy (non-hydrogen) atoms. The van der Waals surface area contributed by atoms with E-state index in [2.05, 4.69) is 10.3 Å². The van der Waals surface area contributed by atoms with Crippen LogP contribution in [0.25, 0.3) is 0 Å². The average Bonchev–Trinajstić information content (AvgIpc) is 3.46. The Kier molecular flexibility index (Phi) is 5.87. The third-order valence-corrected chi connectivity index (χ3v) is 6.87. The fourth-order valence-corrected chi connectivity index (χ4v) is 5.23. The summed E-state index contributed by atoms with van der Waals surface area (Å²) in [5.74, 6) is 1.32. The Labute approximate surface area is 184 Å². The van der Waals surface area contributed by atoms with Crippen LogP contribution in [0.5, 0.6) is 11.5 Å². The van der Waals surface area contributed by atoms with E-state index < -0.39 is 0 Å². The number of benzene rings is 1. The number of amides is 1. The number of hydrogen-bond acceptors (Lipinski definition) is 7. The number of nitrogens with one attached hydrogen (secondary N) is 1. The van der Waals surface area contributed by atoms with Crippen LogP contribution >= 0.6 is 11.8 Å². The number of nitrogens with zero attached hydrogens (tertiary/aromatic N) is 2. The van der Waals surface area contributed by atoms with Gasteiger partial charge in [-0.15, -0.1) is 0 Å². The summed E-state index contributed by atoms with van der Waals surface area (Å²) in [5, 5.41) is 3.56. The van der Waals surface area contributed by atoms with E-state index in [0.29, 0.717) is 28.8 Å². The van der Waals surface area contributed by atoms with Crippen molar-refractivity contribution in [1.82, 2.24) is 9.55 Å². The molecule has 1 aliphatic carbocycles. The van der Waals surface area contributed by atoms with Crippen LogP contribution in [0.2, 0.25) is 0 Å². The fourth-order valence-electron chi connectivity index (χ4n) is 4.35. The molecule has 1 aromatic carbocycles. The highest BCUT2D eigenvalue weighted by atomic mass is 32.2. The lowest BCUT2D eigenvalue weighted by molar-refractivity contribution is -0.113. The number of carbonyl (C=O) groups excluding carboxylic acids is 1. The number of aromatic nitrogens is 2. The number of thioether (sulfide) groups is 1. The third-order valence-electron chi connectivity index (χ3n) is 5.86. The van der Waals surface area contributed by atoms with Gasteiger partial charge >= 0.3 is 5.69 Å². The number of fused-ring (bicyclic) bond motifs is 2. The molecule has 1 saturated heterocycles. The predicted octanol–water partition coefficient (Wildman–Crippen LogP) is 2.76. The molecule has 0 bridgehead atoms. The van der Waals surface area contributed by atoms with Gasteiger partial charge in [-0.25, -0.2) is 4.79 Å². The second-order valence-electron chi connectivity index (χ2n) is 7.98. The zero-order chi connectivity index (χ0) is 21.2. The summed E-state index contributed by atoms with van der Waals surface area (Å²) in [6.45, 7) is 1.53. The van der Waals surface area contributed by atoms with Crippen molar-refractivity contribution in [1.29, 1.82) is 0 Å². The maximum atomic E-state index is 12.8. The molecule has 0 spiro atoms. The minimum absolute atomic E-state index is 0.0940. The standard InChI is InChI=1S/C22H25N3O5S/c26-20(23-14-7-8-18-19(10-14)30-13-29-18)12-31-21-16-5-1-2-6-17(16)25(22(27)24-21)11-15-4-3-9-28-15/h7-8,10,15H,1-6,9,11-13H2,(H,23,26)/t15-/m0/s1. The molecule has 3 aliphatic rings. The Morgan fingerprint density at radius 1 is 1.19 bits per heavy atom. The van der Waals surface area contributed by atoms with Crippen molar-refractivity contribution < 1.29 is 19.0 Å². The largest absolute Gasteiger partial charge is 0.454 e. The number of rotatable bonds is 6. The summed E-state index contributed by atoms with van der Waals surface area (Å²) in [4.78, 5) is 29.7. The van der Waals surface area contributed by atoms with E-state index in [0.717, 1.165) is 56.4 Å².